The standard InChI is InChI=1S/C25H25ClN2O2/c1-17-8-4-7-11-24(17)29-15-14-28-23-10-6-5-9-22(23)27-25(28)19(3)30-20-12-13-21(26)18(2)16-20/h4-13,16,19H,14-15H2,1-3H3. The van der Waals surface area contributed by atoms with Gasteiger partial charge in [0.25, 0.3) is 0 Å². The maximum atomic E-state index is 6.21. The van der Waals surface area contributed by atoms with Crippen molar-refractivity contribution in [3.05, 3.63) is 88.7 Å². The van der Waals surface area contributed by atoms with Crippen LogP contribution in [0.5, 0.6) is 11.5 Å². The first-order valence-corrected chi connectivity index (χ1v) is 10.5. The SMILES string of the molecule is Cc1cc(OC(C)c2nc3ccccc3n2CCOc2ccccc2C)ccc1Cl. The first-order chi connectivity index (χ1) is 14.5. The van der Waals surface area contributed by atoms with Crippen molar-refractivity contribution in [3.63, 3.8) is 0 Å². The Kier molecular flexibility index (Phi) is 5.96. The fourth-order valence-electron chi connectivity index (χ4n) is 3.55. The Balaban J connectivity index is 1.57. The molecule has 0 aliphatic carbocycles. The van der Waals surface area contributed by atoms with Gasteiger partial charge < -0.3 is 14.0 Å². The van der Waals surface area contributed by atoms with Crippen LogP contribution in [0.4, 0.5) is 0 Å². The van der Waals surface area contributed by atoms with Crippen LogP contribution in [0.3, 0.4) is 0 Å². The van der Waals surface area contributed by atoms with E-state index in [4.69, 9.17) is 26.1 Å². The van der Waals surface area contributed by atoms with Crippen LogP contribution in [0.1, 0.15) is 30.0 Å². The molecule has 0 amide bonds. The third kappa shape index (κ3) is 4.29. The van der Waals surface area contributed by atoms with Gasteiger partial charge in [-0.05, 0) is 68.3 Å². The fraction of sp³-hybridized carbons (Fsp3) is 0.240. The van der Waals surface area contributed by atoms with Gasteiger partial charge in [-0.3, -0.25) is 0 Å². The van der Waals surface area contributed by atoms with Crippen LogP contribution in [0.2, 0.25) is 5.02 Å². The van der Waals surface area contributed by atoms with Crippen LogP contribution in [0, 0.1) is 13.8 Å². The molecule has 1 atom stereocenters. The Bertz CT molecular complexity index is 1170. The molecule has 1 heterocycles. The van der Waals surface area contributed by atoms with E-state index in [2.05, 4.69) is 23.6 Å². The molecule has 3 aromatic carbocycles. The molecule has 4 aromatic rings. The quantitative estimate of drug-likeness (QED) is 0.341. The highest BCUT2D eigenvalue weighted by Crippen LogP contribution is 2.28. The summed E-state index contributed by atoms with van der Waals surface area (Å²) < 4.78 is 14.4. The number of nitrogens with zero attached hydrogens (tertiary/aromatic N) is 2. The van der Waals surface area contributed by atoms with E-state index >= 15 is 0 Å². The molecule has 0 bridgehead atoms. The third-order valence-electron chi connectivity index (χ3n) is 5.16. The van der Waals surface area contributed by atoms with Crippen molar-refractivity contribution in [1.29, 1.82) is 0 Å². The molecule has 0 fully saturated rings. The Morgan fingerprint density at radius 3 is 2.53 bits per heavy atom. The molecular weight excluding hydrogens is 396 g/mol. The van der Waals surface area contributed by atoms with Gasteiger partial charge in [0.2, 0.25) is 0 Å². The molecule has 0 aliphatic heterocycles. The number of halogens is 1. The van der Waals surface area contributed by atoms with Crippen molar-refractivity contribution >= 4 is 22.6 Å². The first-order valence-electron chi connectivity index (χ1n) is 10.1. The number of rotatable bonds is 7. The molecular formula is C25H25ClN2O2. The van der Waals surface area contributed by atoms with E-state index in [0.717, 1.165) is 44.5 Å². The maximum Gasteiger partial charge on any atom is 0.153 e. The lowest BCUT2D eigenvalue weighted by Crippen LogP contribution is -2.16. The van der Waals surface area contributed by atoms with Crippen molar-refractivity contribution in [1.82, 2.24) is 9.55 Å². The summed E-state index contributed by atoms with van der Waals surface area (Å²) in [6.07, 6.45) is -0.226. The number of aromatic nitrogens is 2. The molecule has 4 nitrogen and oxygen atoms in total. The van der Waals surface area contributed by atoms with Crippen LogP contribution in [0.25, 0.3) is 11.0 Å². The zero-order valence-electron chi connectivity index (χ0n) is 17.4. The van der Waals surface area contributed by atoms with Crippen molar-refractivity contribution in [2.45, 2.75) is 33.4 Å². The van der Waals surface area contributed by atoms with Gasteiger partial charge in [0.15, 0.2) is 11.9 Å². The van der Waals surface area contributed by atoms with Gasteiger partial charge in [-0.2, -0.15) is 0 Å². The van der Waals surface area contributed by atoms with E-state index < -0.39 is 0 Å². The van der Waals surface area contributed by atoms with Crippen LogP contribution in [-0.4, -0.2) is 16.2 Å². The molecule has 0 radical (unpaired) electrons. The second-order valence-corrected chi connectivity index (χ2v) is 7.80. The number of imidazole rings is 1. The number of fused-ring (bicyclic) bond motifs is 1. The number of para-hydroxylation sites is 3. The molecule has 1 unspecified atom stereocenters. The van der Waals surface area contributed by atoms with Gasteiger partial charge in [-0.1, -0.05) is 41.9 Å². The monoisotopic (exact) mass is 420 g/mol. The zero-order chi connectivity index (χ0) is 21.1. The summed E-state index contributed by atoms with van der Waals surface area (Å²) >= 11 is 6.15. The summed E-state index contributed by atoms with van der Waals surface area (Å²) in [5.74, 6) is 2.56. The molecule has 0 N–H and O–H groups in total. The lowest BCUT2D eigenvalue weighted by Gasteiger charge is -2.18. The largest absolute Gasteiger partial charge is 0.491 e. The summed E-state index contributed by atoms with van der Waals surface area (Å²) in [6, 6.07) is 21.9. The summed E-state index contributed by atoms with van der Waals surface area (Å²) in [5, 5.41) is 0.732. The minimum absolute atomic E-state index is 0.226. The van der Waals surface area contributed by atoms with E-state index in [0.29, 0.717) is 13.2 Å². The number of benzene rings is 3. The van der Waals surface area contributed by atoms with E-state index in [9.17, 15) is 0 Å². The Hall–Kier alpha value is -2.98. The van der Waals surface area contributed by atoms with Crippen molar-refractivity contribution in [3.8, 4) is 11.5 Å². The molecule has 0 saturated carbocycles. The molecule has 5 heteroatoms. The smallest absolute Gasteiger partial charge is 0.153 e. The van der Waals surface area contributed by atoms with E-state index in [1.54, 1.807) is 0 Å². The zero-order valence-corrected chi connectivity index (χ0v) is 18.2. The molecule has 0 spiro atoms. The number of ether oxygens (including phenoxy) is 2. The Morgan fingerprint density at radius 1 is 0.967 bits per heavy atom. The van der Waals surface area contributed by atoms with Crippen molar-refractivity contribution in [2.75, 3.05) is 6.61 Å². The highest BCUT2D eigenvalue weighted by molar-refractivity contribution is 6.31. The number of aryl methyl sites for hydroxylation is 2. The molecule has 0 saturated heterocycles. The summed E-state index contributed by atoms with van der Waals surface area (Å²) in [5.41, 5.74) is 4.14. The van der Waals surface area contributed by atoms with E-state index in [1.807, 2.05) is 68.4 Å². The lowest BCUT2D eigenvalue weighted by molar-refractivity contribution is 0.207. The maximum absolute atomic E-state index is 6.21. The highest BCUT2D eigenvalue weighted by atomic mass is 35.5. The molecule has 1 aromatic heterocycles. The second-order valence-electron chi connectivity index (χ2n) is 7.40. The van der Waals surface area contributed by atoms with Crippen molar-refractivity contribution in [2.24, 2.45) is 0 Å². The molecule has 4 rings (SSSR count). The van der Waals surface area contributed by atoms with E-state index in [-0.39, 0.29) is 6.10 Å². The Labute approximate surface area is 182 Å². The summed E-state index contributed by atoms with van der Waals surface area (Å²) in [4.78, 5) is 4.85. The van der Waals surface area contributed by atoms with Crippen LogP contribution >= 0.6 is 11.6 Å². The topological polar surface area (TPSA) is 36.3 Å². The minimum Gasteiger partial charge on any atom is -0.491 e. The predicted octanol–water partition coefficient (Wildman–Crippen LogP) is 6.53. The van der Waals surface area contributed by atoms with Gasteiger partial charge in [-0.25, -0.2) is 4.98 Å². The summed E-state index contributed by atoms with van der Waals surface area (Å²) in [7, 11) is 0. The first kappa shape index (κ1) is 20.3. The lowest BCUT2D eigenvalue weighted by atomic mass is 10.2. The average molecular weight is 421 g/mol. The molecule has 30 heavy (non-hydrogen) atoms. The number of hydrogen-bond donors (Lipinski definition) is 0. The fourth-order valence-corrected chi connectivity index (χ4v) is 3.67. The second kappa shape index (κ2) is 8.80. The van der Waals surface area contributed by atoms with Gasteiger partial charge in [0.1, 0.15) is 18.1 Å². The molecule has 154 valence electrons. The van der Waals surface area contributed by atoms with Crippen molar-refractivity contribution < 1.29 is 9.47 Å². The third-order valence-corrected chi connectivity index (χ3v) is 5.58. The minimum atomic E-state index is -0.226. The predicted molar refractivity (Wildman–Crippen MR) is 122 cm³/mol. The van der Waals surface area contributed by atoms with E-state index in [1.165, 1.54) is 0 Å². The Morgan fingerprint density at radius 2 is 1.73 bits per heavy atom. The molecule has 0 aliphatic rings. The van der Waals surface area contributed by atoms with Gasteiger partial charge in [0.05, 0.1) is 17.6 Å². The summed E-state index contributed by atoms with van der Waals surface area (Å²) in [6.45, 7) is 7.27. The van der Waals surface area contributed by atoms with Crippen LogP contribution in [0.15, 0.2) is 66.7 Å². The van der Waals surface area contributed by atoms with Crippen LogP contribution < -0.4 is 9.47 Å². The van der Waals surface area contributed by atoms with Gasteiger partial charge in [0, 0.05) is 5.02 Å². The van der Waals surface area contributed by atoms with Gasteiger partial charge >= 0.3 is 0 Å². The van der Waals surface area contributed by atoms with Crippen LogP contribution in [-0.2, 0) is 6.54 Å². The highest BCUT2D eigenvalue weighted by Gasteiger charge is 2.18. The van der Waals surface area contributed by atoms with Gasteiger partial charge in [-0.15, -0.1) is 0 Å². The number of hydrogen-bond acceptors (Lipinski definition) is 3. The normalized spacial score (nSPS) is 12.1. The average Bonchev–Trinajstić information content (AvgIpc) is 3.11.